The van der Waals surface area contributed by atoms with Crippen molar-refractivity contribution in [3.8, 4) is 0 Å². The van der Waals surface area contributed by atoms with E-state index in [-0.39, 0.29) is 6.61 Å². The van der Waals surface area contributed by atoms with E-state index in [9.17, 15) is 9.59 Å². The summed E-state index contributed by atoms with van der Waals surface area (Å²) in [6.45, 7) is 2.20. The first-order valence-corrected chi connectivity index (χ1v) is 5.98. The number of carbonyl (C=O) groups excluding carboxylic acids is 2. The van der Waals surface area contributed by atoms with E-state index < -0.39 is 11.9 Å². The summed E-state index contributed by atoms with van der Waals surface area (Å²) in [7, 11) is 0. The molecule has 0 aromatic carbocycles. The Morgan fingerprint density at radius 2 is 2.33 bits per heavy atom. The van der Waals surface area contributed by atoms with Crippen molar-refractivity contribution < 1.29 is 14.3 Å². The third kappa shape index (κ3) is 4.01. The number of hydrogen-bond donors (Lipinski definition) is 1. The van der Waals surface area contributed by atoms with Crippen molar-refractivity contribution in [2.24, 2.45) is 0 Å². The summed E-state index contributed by atoms with van der Waals surface area (Å²) >= 11 is 4.80. The Morgan fingerprint density at radius 1 is 1.60 bits per heavy atom. The molecule has 4 nitrogen and oxygen atoms in total. The normalized spacial score (nSPS) is 9.73. The molecule has 1 heterocycles. The molecule has 0 atom stereocenters. The van der Waals surface area contributed by atoms with Crippen LogP contribution in [0.25, 0.3) is 0 Å². The summed E-state index contributed by atoms with van der Waals surface area (Å²) in [4.78, 5) is 23.0. The van der Waals surface area contributed by atoms with Crippen molar-refractivity contribution in [2.75, 3.05) is 6.61 Å². The first-order chi connectivity index (χ1) is 7.13. The maximum absolute atomic E-state index is 11.1. The zero-order valence-electron chi connectivity index (χ0n) is 8.08. The first-order valence-electron chi connectivity index (χ1n) is 4.31. The molecule has 0 spiro atoms. The highest BCUT2D eigenvalue weighted by Crippen LogP contribution is 2.19. The number of nitrogens with one attached hydrogen (secondary N) is 1. The fourth-order valence-corrected chi connectivity index (χ4v) is 2.27. The molecule has 0 saturated carbocycles. The van der Waals surface area contributed by atoms with Gasteiger partial charge in [0.2, 0.25) is 0 Å². The van der Waals surface area contributed by atoms with Crippen molar-refractivity contribution in [1.29, 1.82) is 0 Å². The molecule has 1 amide bonds. The van der Waals surface area contributed by atoms with E-state index >= 15 is 0 Å². The Balaban J connectivity index is 2.37. The van der Waals surface area contributed by atoms with Crippen LogP contribution < -0.4 is 5.32 Å². The molecule has 1 rings (SSSR count). The lowest BCUT2D eigenvalue weighted by Crippen LogP contribution is -2.31. The minimum Gasteiger partial charge on any atom is -0.459 e. The highest BCUT2D eigenvalue weighted by atomic mass is 79.9. The van der Waals surface area contributed by atoms with Crippen LogP contribution in [0, 0.1) is 0 Å². The monoisotopic (exact) mass is 291 g/mol. The lowest BCUT2D eigenvalue weighted by atomic mass is 10.4. The van der Waals surface area contributed by atoms with Crippen LogP contribution in [0.5, 0.6) is 0 Å². The lowest BCUT2D eigenvalue weighted by molar-refractivity contribution is -0.154. The van der Waals surface area contributed by atoms with Gasteiger partial charge in [0, 0.05) is 14.7 Å². The Labute approximate surface area is 99.8 Å². The minimum absolute atomic E-state index is 0.205. The molecule has 0 fully saturated rings. The van der Waals surface area contributed by atoms with Crippen molar-refractivity contribution >= 4 is 39.1 Å². The molecule has 0 saturated heterocycles. The van der Waals surface area contributed by atoms with E-state index in [1.807, 2.05) is 11.4 Å². The van der Waals surface area contributed by atoms with Crippen molar-refractivity contribution in [3.63, 3.8) is 0 Å². The molecule has 15 heavy (non-hydrogen) atoms. The van der Waals surface area contributed by atoms with Gasteiger partial charge < -0.3 is 10.1 Å². The number of amides is 1. The molecule has 82 valence electrons. The molecule has 0 bridgehead atoms. The van der Waals surface area contributed by atoms with E-state index in [0.29, 0.717) is 6.54 Å². The highest BCUT2D eigenvalue weighted by molar-refractivity contribution is 9.10. The summed E-state index contributed by atoms with van der Waals surface area (Å²) in [5.74, 6) is -1.55. The van der Waals surface area contributed by atoms with Crippen molar-refractivity contribution in [3.05, 3.63) is 20.8 Å². The largest absolute Gasteiger partial charge is 0.459 e. The number of carbonyl (C=O) groups is 2. The van der Waals surface area contributed by atoms with Gasteiger partial charge in [-0.15, -0.1) is 11.3 Å². The van der Waals surface area contributed by atoms with E-state index in [1.54, 1.807) is 6.92 Å². The average Bonchev–Trinajstić information content (AvgIpc) is 2.61. The number of halogens is 1. The molecule has 0 aliphatic rings. The van der Waals surface area contributed by atoms with E-state index in [2.05, 4.69) is 26.0 Å². The topological polar surface area (TPSA) is 55.4 Å². The van der Waals surface area contributed by atoms with Gasteiger partial charge in [-0.3, -0.25) is 4.79 Å². The molecule has 0 unspecified atom stereocenters. The summed E-state index contributed by atoms with van der Waals surface area (Å²) in [5.41, 5.74) is 0. The van der Waals surface area contributed by atoms with Crippen molar-refractivity contribution in [1.82, 2.24) is 5.32 Å². The summed E-state index contributed by atoms with van der Waals surface area (Å²) in [5, 5.41) is 4.38. The third-order valence-electron chi connectivity index (χ3n) is 1.51. The van der Waals surface area contributed by atoms with Gasteiger partial charge in [-0.25, -0.2) is 4.79 Å². The Bertz CT molecular complexity index is 364. The van der Waals surface area contributed by atoms with Gasteiger partial charge in [0.1, 0.15) is 0 Å². The second-order valence-electron chi connectivity index (χ2n) is 2.63. The second-order valence-corrected chi connectivity index (χ2v) is 4.55. The lowest BCUT2D eigenvalue weighted by Gasteiger charge is -2.02. The van der Waals surface area contributed by atoms with Gasteiger partial charge in [-0.1, -0.05) is 0 Å². The van der Waals surface area contributed by atoms with E-state index in [1.165, 1.54) is 11.3 Å². The van der Waals surface area contributed by atoms with E-state index in [4.69, 9.17) is 0 Å². The predicted octanol–water partition coefficient (Wildman–Crippen LogP) is 1.69. The number of hydrogen-bond acceptors (Lipinski definition) is 4. The standard InChI is InChI=1S/C9H10BrNO3S/c1-2-14-9(13)8(12)11-4-7-3-6(10)5-15-7/h3,5H,2,4H2,1H3,(H,11,12). The molecular weight excluding hydrogens is 282 g/mol. The summed E-state index contributed by atoms with van der Waals surface area (Å²) in [6, 6.07) is 1.89. The van der Waals surface area contributed by atoms with Crippen LogP contribution in [0.15, 0.2) is 15.9 Å². The van der Waals surface area contributed by atoms with Crippen LogP contribution in [-0.4, -0.2) is 18.5 Å². The summed E-state index contributed by atoms with van der Waals surface area (Å²) in [6.07, 6.45) is 0. The SMILES string of the molecule is CCOC(=O)C(=O)NCc1cc(Br)cs1. The van der Waals surface area contributed by atoms with Crippen molar-refractivity contribution in [2.45, 2.75) is 13.5 Å². The first kappa shape index (κ1) is 12.2. The predicted molar refractivity (Wildman–Crippen MR) is 60.5 cm³/mol. The van der Waals surface area contributed by atoms with Crippen LogP contribution in [0.3, 0.4) is 0 Å². The molecule has 1 N–H and O–H groups in total. The zero-order valence-corrected chi connectivity index (χ0v) is 10.5. The third-order valence-corrected chi connectivity index (χ3v) is 3.20. The van der Waals surface area contributed by atoms with Gasteiger partial charge in [-0.05, 0) is 28.9 Å². The van der Waals surface area contributed by atoms with Crippen LogP contribution in [-0.2, 0) is 20.9 Å². The molecule has 0 aliphatic carbocycles. The Hall–Kier alpha value is -0.880. The maximum Gasteiger partial charge on any atom is 0.396 e. The van der Waals surface area contributed by atoms with Crippen LogP contribution in [0.4, 0.5) is 0 Å². The summed E-state index contributed by atoms with van der Waals surface area (Å²) < 4.78 is 5.51. The Morgan fingerprint density at radius 3 is 2.87 bits per heavy atom. The van der Waals surface area contributed by atoms with Gasteiger partial charge in [-0.2, -0.15) is 0 Å². The van der Waals surface area contributed by atoms with Gasteiger partial charge >= 0.3 is 11.9 Å². The molecule has 0 aliphatic heterocycles. The second kappa shape index (κ2) is 5.87. The van der Waals surface area contributed by atoms with Crippen LogP contribution >= 0.6 is 27.3 Å². The Kier molecular flexibility index (Phi) is 4.77. The number of rotatable bonds is 3. The fraction of sp³-hybridized carbons (Fsp3) is 0.333. The fourth-order valence-electron chi connectivity index (χ4n) is 0.883. The molecule has 1 aromatic rings. The van der Waals surface area contributed by atoms with Gasteiger partial charge in [0.05, 0.1) is 13.2 Å². The average molecular weight is 292 g/mol. The highest BCUT2D eigenvalue weighted by Gasteiger charge is 2.13. The number of ether oxygens (including phenoxy) is 1. The van der Waals surface area contributed by atoms with Crippen LogP contribution in [0.2, 0.25) is 0 Å². The van der Waals surface area contributed by atoms with Gasteiger partial charge in [0.25, 0.3) is 0 Å². The smallest absolute Gasteiger partial charge is 0.396 e. The minimum atomic E-state index is -0.840. The van der Waals surface area contributed by atoms with Gasteiger partial charge in [0.15, 0.2) is 0 Å². The number of thiophene rings is 1. The van der Waals surface area contributed by atoms with E-state index in [0.717, 1.165) is 9.35 Å². The maximum atomic E-state index is 11.1. The molecule has 1 aromatic heterocycles. The zero-order chi connectivity index (χ0) is 11.3. The van der Waals surface area contributed by atoms with Crippen LogP contribution in [0.1, 0.15) is 11.8 Å². The molecule has 0 radical (unpaired) electrons. The molecular formula is C9H10BrNO3S. The quantitative estimate of drug-likeness (QED) is 0.681. The molecule has 6 heteroatoms. The number of esters is 1.